The largest absolute Gasteiger partial charge is 0.310 e. The van der Waals surface area contributed by atoms with Gasteiger partial charge < -0.3 is 10.2 Å². The van der Waals surface area contributed by atoms with Crippen LogP contribution >= 0.6 is 27.5 Å². The van der Waals surface area contributed by atoms with Crippen LogP contribution in [0.2, 0.25) is 5.02 Å². The van der Waals surface area contributed by atoms with Gasteiger partial charge in [0.2, 0.25) is 5.91 Å². The zero-order chi connectivity index (χ0) is 13.3. The summed E-state index contributed by atoms with van der Waals surface area (Å²) in [5, 5.41) is 3.89. The SMILES string of the molecule is CCNC1CCN(c2cc(Cl)c(C)cc2Br)C1=O. The molecule has 2 rings (SSSR count). The van der Waals surface area contributed by atoms with Crippen molar-refractivity contribution in [3.05, 3.63) is 27.2 Å². The van der Waals surface area contributed by atoms with Crippen molar-refractivity contribution in [2.75, 3.05) is 18.0 Å². The summed E-state index contributed by atoms with van der Waals surface area (Å²) in [6.45, 7) is 5.49. The maximum absolute atomic E-state index is 12.2. The van der Waals surface area contributed by atoms with Gasteiger partial charge in [-0.3, -0.25) is 4.79 Å². The lowest BCUT2D eigenvalue weighted by Crippen LogP contribution is -2.38. The van der Waals surface area contributed by atoms with E-state index >= 15 is 0 Å². The van der Waals surface area contributed by atoms with E-state index in [1.807, 2.05) is 26.0 Å². The van der Waals surface area contributed by atoms with Crippen LogP contribution < -0.4 is 10.2 Å². The number of likely N-dealkylation sites (N-methyl/N-ethyl adjacent to an activating group) is 1. The molecule has 0 aliphatic carbocycles. The summed E-state index contributed by atoms with van der Waals surface area (Å²) in [6, 6.07) is 3.74. The number of hydrogen-bond acceptors (Lipinski definition) is 2. The van der Waals surface area contributed by atoms with E-state index in [-0.39, 0.29) is 11.9 Å². The average molecular weight is 332 g/mol. The van der Waals surface area contributed by atoms with E-state index < -0.39 is 0 Å². The second-order valence-electron chi connectivity index (χ2n) is 4.44. The molecular formula is C13H16BrClN2O. The fraction of sp³-hybridized carbons (Fsp3) is 0.462. The Kier molecular flexibility index (Phi) is 4.30. The monoisotopic (exact) mass is 330 g/mol. The number of nitrogens with one attached hydrogen (secondary N) is 1. The molecule has 1 aliphatic heterocycles. The van der Waals surface area contributed by atoms with E-state index in [1.54, 1.807) is 4.90 Å². The molecule has 18 heavy (non-hydrogen) atoms. The third-order valence-electron chi connectivity index (χ3n) is 3.17. The quantitative estimate of drug-likeness (QED) is 0.923. The lowest BCUT2D eigenvalue weighted by atomic mass is 10.2. The molecule has 3 nitrogen and oxygen atoms in total. The molecule has 1 amide bonds. The second kappa shape index (κ2) is 5.59. The van der Waals surface area contributed by atoms with E-state index in [4.69, 9.17) is 11.6 Å². The van der Waals surface area contributed by atoms with Crippen LogP contribution in [-0.2, 0) is 4.79 Å². The third-order valence-corrected chi connectivity index (χ3v) is 4.22. The number of hydrogen-bond donors (Lipinski definition) is 1. The van der Waals surface area contributed by atoms with Crippen LogP contribution in [-0.4, -0.2) is 25.0 Å². The van der Waals surface area contributed by atoms with Crippen LogP contribution in [0.25, 0.3) is 0 Å². The van der Waals surface area contributed by atoms with Crippen LogP contribution in [0, 0.1) is 6.92 Å². The number of benzene rings is 1. The number of rotatable bonds is 3. The maximum atomic E-state index is 12.2. The van der Waals surface area contributed by atoms with Gasteiger partial charge in [-0.1, -0.05) is 18.5 Å². The zero-order valence-electron chi connectivity index (χ0n) is 10.5. The fourth-order valence-corrected chi connectivity index (χ4v) is 3.03. The Balaban J connectivity index is 2.28. The van der Waals surface area contributed by atoms with Crippen LogP contribution in [0.15, 0.2) is 16.6 Å². The molecule has 1 N–H and O–H groups in total. The number of amides is 1. The Labute approximate surface area is 121 Å². The van der Waals surface area contributed by atoms with Gasteiger partial charge in [0.05, 0.1) is 11.7 Å². The van der Waals surface area contributed by atoms with Gasteiger partial charge in [-0.05, 0) is 53.5 Å². The highest BCUT2D eigenvalue weighted by atomic mass is 79.9. The molecule has 0 saturated carbocycles. The first kappa shape index (κ1) is 13.8. The van der Waals surface area contributed by atoms with Gasteiger partial charge in [-0.2, -0.15) is 0 Å². The molecular weight excluding hydrogens is 316 g/mol. The van der Waals surface area contributed by atoms with Gasteiger partial charge in [0, 0.05) is 16.0 Å². The van der Waals surface area contributed by atoms with Crippen molar-refractivity contribution in [3.8, 4) is 0 Å². The molecule has 98 valence electrons. The first-order valence-electron chi connectivity index (χ1n) is 6.05. The molecule has 0 radical (unpaired) electrons. The zero-order valence-corrected chi connectivity index (χ0v) is 12.8. The normalized spacial score (nSPS) is 19.7. The van der Waals surface area contributed by atoms with Crippen molar-refractivity contribution >= 4 is 39.1 Å². The Morgan fingerprint density at radius 3 is 2.94 bits per heavy atom. The Morgan fingerprint density at radius 2 is 2.28 bits per heavy atom. The smallest absolute Gasteiger partial charge is 0.244 e. The predicted octanol–water partition coefficient (Wildman–Crippen LogP) is 3.13. The number of nitrogens with zero attached hydrogens (tertiary/aromatic N) is 1. The van der Waals surface area contributed by atoms with Crippen LogP contribution in [0.3, 0.4) is 0 Å². The van der Waals surface area contributed by atoms with Crippen molar-refractivity contribution in [1.29, 1.82) is 0 Å². The number of anilines is 1. The number of halogens is 2. The van der Waals surface area contributed by atoms with Crippen LogP contribution in [0.5, 0.6) is 0 Å². The lowest BCUT2D eigenvalue weighted by Gasteiger charge is -2.19. The van der Waals surface area contributed by atoms with Gasteiger partial charge in [0.15, 0.2) is 0 Å². The highest BCUT2D eigenvalue weighted by molar-refractivity contribution is 9.10. The van der Waals surface area contributed by atoms with Crippen LogP contribution in [0.4, 0.5) is 5.69 Å². The Morgan fingerprint density at radius 1 is 1.56 bits per heavy atom. The molecule has 1 aliphatic rings. The first-order chi connectivity index (χ1) is 8.54. The molecule has 1 saturated heterocycles. The van der Waals surface area contributed by atoms with E-state index in [2.05, 4.69) is 21.2 Å². The highest BCUT2D eigenvalue weighted by Crippen LogP contribution is 2.34. The minimum absolute atomic E-state index is 0.0676. The summed E-state index contributed by atoms with van der Waals surface area (Å²) in [5.41, 5.74) is 1.86. The van der Waals surface area contributed by atoms with Crippen molar-refractivity contribution in [2.24, 2.45) is 0 Å². The van der Waals surface area contributed by atoms with Crippen molar-refractivity contribution in [1.82, 2.24) is 5.32 Å². The van der Waals surface area contributed by atoms with Crippen molar-refractivity contribution < 1.29 is 4.79 Å². The minimum atomic E-state index is -0.0676. The fourth-order valence-electron chi connectivity index (χ4n) is 2.20. The standard InChI is InChI=1S/C13H16BrClN2O/c1-3-16-11-4-5-17(13(11)18)12-7-10(15)8(2)6-9(12)14/h6-7,11,16H,3-5H2,1-2H3. The summed E-state index contributed by atoms with van der Waals surface area (Å²) in [6.07, 6.45) is 0.838. The van der Waals surface area contributed by atoms with Gasteiger partial charge in [0.25, 0.3) is 0 Å². The lowest BCUT2D eigenvalue weighted by molar-refractivity contribution is -0.118. The van der Waals surface area contributed by atoms with E-state index in [1.165, 1.54) is 0 Å². The molecule has 0 aromatic heterocycles. The molecule has 5 heteroatoms. The van der Waals surface area contributed by atoms with E-state index in [0.717, 1.165) is 35.2 Å². The average Bonchev–Trinajstić information content (AvgIpc) is 2.67. The Bertz CT molecular complexity index is 478. The molecule has 0 bridgehead atoms. The summed E-state index contributed by atoms with van der Waals surface area (Å²) in [5.74, 6) is 0.123. The van der Waals surface area contributed by atoms with Gasteiger partial charge >= 0.3 is 0 Å². The number of carbonyl (C=O) groups is 1. The Hall–Kier alpha value is -0.580. The van der Waals surface area contributed by atoms with Gasteiger partial charge in [0.1, 0.15) is 0 Å². The van der Waals surface area contributed by atoms with Crippen LogP contribution in [0.1, 0.15) is 18.9 Å². The number of aryl methyl sites for hydroxylation is 1. The predicted molar refractivity (Wildman–Crippen MR) is 78.3 cm³/mol. The molecule has 1 aromatic carbocycles. The summed E-state index contributed by atoms with van der Waals surface area (Å²) >= 11 is 9.64. The molecule has 1 fully saturated rings. The van der Waals surface area contributed by atoms with E-state index in [0.29, 0.717) is 5.02 Å². The molecule has 1 unspecified atom stereocenters. The number of carbonyl (C=O) groups excluding carboxylic acids is 1. The summed E-state index contributed by atoms with van der Waals surface area (Å²) in [7, 11) is 0. The molecule has 0 spiro atoms. The van der Waals surface area contributed by atoms with Gasteiger partial charge in [-0.15, -0.1) is 0 Å². The molecule has 1 atom stereocenters. The van der Waals surface area contributed by atoms with E-state index in [9.17, 15) is 4.79 Å². The topological polar surface area (TPSA) is 32.3 Å². The second-order valence-corrected chi connectivity index (χ2v) is 5.70. The first-order valence-corrected chi connectivity index (χ1v) is 7.22. The maximum Gasteiger partial charge on any atom is 0.244 e. The summed E-state index contributed by atoms with van der Waals surface area (Å²) in [4.78, 5) is 14.0. The molecule has 1 aromatic rings. The molecule has 1 heterocycles. The van der Waals surface area contributed by atoms with Gasteiger partial charge in [-0.25, -0.2) is 0 Å². The third kappa shape index (κ3) is 2.56. The summed E-state index contributed by atoms with van der Waals surface area (Å²) < 4.78 is 0.912. The van der Waals surface area contributed by atoms with Crippen molar-refractivity contribution in [2.45, 2.75) is 26.3 Å². The van der Waals surface area contributed by atoms with Crippen molar-refractivity contribution in [3.63, 3.8) is 0 Å². The highest BCUT2D eigenvalue weighted by Gasteiger charge is 2.32. The minimum Gasteiger partial charge on any atom is -0.310 e.